The van der Waals surface area contributed by atoms with E-state index in [0.29, 0.717) is 5.25 Å². The molecule has 0 heterocycles. The largest absolute Gasteiger partial charge is 0.385 e. The van der Waals surface area contributed by atoms with Gasteiger partial charge in [0.05, 0.1) is 0 Å². The molecular formula is C6H14N2OS. The van der Waals surface area contributed by atoms with Crippen molar-refractivity contribution in [1.29, 1.82) is 5.41 Å². The molecule has 0 spiro atoms. The highest BCUT2D eigenvalue weighted by atomic mass is 32.2. The fraction of sp³-hybridized carbons (Fsp3) is 0.833. The lowest BCUT2D eigenvalue weighted by atomic mass is 10.3. The molecule has 0 aromatic heterocycles. The van der Waals surface area contributed by atoms with E-state index >= 15 is 0 Å². The lowest BCUT2D eigenvalue weighted by Crippen LogP contribution is -2.11. The molecule has 0 aromatic rings. The molecule has 0 aliphatic rings. The fourth-order valence-electron chi connectivity index (χ4n) is 0.559. The van der Waals surface area contributed by atoms with Gasteiger partial charge in [0.2, 0.25) is 0 Å². The molecule has 0 saturated carbocycles. The summed E-state index contributed by atoms with van der Waals surface area (Å²) in [5, 5.41) is 7.53. The maximum absolute atomic E-state index is 6.96. The maximum atomic E-state index is 6.96. The number of amidine groups is 1. The summed E-state index contributed by atoms with van der Waals surface area (Å²) in [5.74, 6) is 0. The molecule has 60 valence electrons. The Morgan fingerprint density at radius 2 is 2.40 bits per heavy atom. The first kappa shape index (κ1) is 9.78. The topological polar surface area (TPSA) is 59.1 Å². The van der Waals surface area contributed by atoms with Gasteiger partial charge in [-0.1, -0.05) is 18.7 Å². The number of hydrogen-bond acceptors (Lipinski definition) is 3. The molecule has 0 rings (SSSR count). The minimum absolute atomic E-state index is 0.184. The second-order valence-electron chi connectivity index (χ2n) is 2.07. The van der Waals surface area contributed by atoms with Crippen LogP contribution in [0.5, 0.6) is 0 Å². The van der Waals surface area contributed by atoms with Gasteiger partial charge in [-0.15, -0.1) is 0 Å². The highest BCUT2D eigenvalue weighted by molar-refractivity contribution is 8.14. The molecule has 0 saturated heterocycles. The Kier molecular flexibility index (Phi) is 5.43. The molecule has 0 aromatic carbocycles. The van der Waals surface area contributed by atoms with Crippen LogP contribution in [0.25, 0.3) is 0 Å². The fourth-order valence-corrected chi connectivity index (χ4v) is 1.21. The third-order valence-corrected chi connectivity index (χ3v) is 1.95. The zero-order chi connectivity index (χ0) is 7.98. The van der Waals surface area contributed by atoms with Crippen LogP contribution >= 0.6 is 11.8 Å². The molecule has 0 aliphatic heterocycles. The van der Waals surface area contributed by atoms with Crippen LogP contribution < -0.4 is 5.73 Å². The van der Waals surface area contributed by atoms with Gasteiger partial charge < -0.3 is 10.5 Å². The van der Waals surface area contributed by atoms with Crippen molar-refractivity contribution in [3.05, 3.63) is 0 Å². The van der Waals surface area contributed by atoms with Crippen LogP contribution in [0, 0.1) is 5.41 Å². The van der Waals surface area contributed by atoms with Crippen LogP contribution in [0.4, 0.5) is 0 Å². The van der Waals surface area contributed by atoms with Crippen molar-refractivity contribution in [2.24, 2.45) is 5.73 Å². The third-order valence-electron chi connectivity index (χ3n) is 1.06. The van der Waals surface area contributed by atoms with E-state index in [1.807, 2.05) is 6.92 Å². The summed E-state index contributed by atoms with van der Waals surface area (Å²) in [6, 6.07) is 0. The van der Waals surface area contributed by atoms with Gasteiger partial charge in [-0.2, -0.15) is 0 Å². The predicted molar refractivity (Wildman–Crippen MR) is 45.5 cm³/mol. The van der Waals surface area contributed by atoms with Crippen LogP contribution in [0.15, 0.2) is 0 Å². The normalized spacial score (nSPS) is 13.0. The van der Waals surface area contributed by atoms with Crippen LogP contribution in [0.2, 0.25) is 0 Å². The van der Waals surface area contributed by atoms with Gasteiger partial charge in [0, 0.05) is 19.0 Å². The molecule has 1 unspecified atom stereocenters. The van der Waals surface area contributed by atoms with Crippen molar-refractivity contribution >= 4 is 16.9 Å². The van der Waals surface area contributed by atoms with Crippen molar-refractivity contribution in [2.45, 2.75) is 18.6 Å². The molecule has 3 N–H and O–H groups in total. The standard InChI is InChI=1S/C6H14N2OS/c1-5(3-4-9-2)10-6(7)8/h5H,3-4H2,1-2H3,(H3,7,8). The summed E-state index contributed by atoms with van der Waals surface area (Å²) < 4.78 is 4.87. The minimum Gasteiger partial charge on any atom is -0.385 e. The molecule has 0 amide bonds. The minimum atomic E-state index is 0.184. The summed E-state index contributed by atoms with van der Waals surface area (Å²) in [7, 11) is 1.67. The van der Waals surface area contributed by atoms with E-state index in [-0.39, 0.29) is 5.17 Å². The van der Waals surface area contributed by atoms with E-state index in [2.05, 4.69) is 0 Å². The predicted octanol–water partition coefficient (Wildman–Crippen LogP) is 1.04. The Morgan fingerprint density at radius 3 is 2.80 bits per heavy atom. The molecule has 0 aliphatic carbocycles. The van der Waals surface area contributed by atoms with Crippen LogP contribution in [0.1, 0.15) is 13.3 Å². The van der Waals surface area contributed by atoms with Crippen molar-refractivity contribution in [2.75, 3.05) is 13.7 Å². The first-order valence-corrected chi connectivity index (χ1v) is 4.04. The quantitative estimate of drug-likeness (QED) is 0.479. The second kappa shape index (κ2) is 5.56. The van der Waals surface area contributed by atoms with Gasteiger partial charge in [0.15, 0.2) is 5.17 Å². The number of ether oxygens (including phenoxy) is 1. The van der Waals surface area contributed by atoms with Gasteiger partial charge in [-0.05, 0) is 6.42 Å². The van der Waals surface area contributed by atoms with E-state index < -0.39 is 0 Å². The summed E-state index contributed by atoms with van der Waals surface area (Å²) in [5.41, 5.74) is 5.17. The summed E-state index contributed by atoms with van der Waals surface area (Å²) in [4.78, 5) is 0. The summed E-state index contributed by atoms with van der Waals surface area (Å²) in [6.07, 6.45) is 0.945. The second-order valence-corrected chi connectivity index (χ2v) is 3.55. The number of nitrogens with one attached hydrogen (secondary N) is 1. The van der Waals surface area contributed by atoms with Gasteiger partial charge in [0.1, 0.15) is 0 Å². The van der Waals surface area contributed by atoms with E-state index in [4.69, 9.17) is 15.9 Å². The van der Waals surface area contributed by atoms with Gasteiger partial charge in [-0.3, -0.25) is 5.41 Å². The van der Waals surface area contributed by atoms with E-state index in [1.165, 1.54) is 11.8 Å². The van der Waals surface area contributed by atoms with Crippen molar-refractivity contribution < 1.29 is 4.74 Å². The average molecular weight is 162 g/mol. The Hall–Kier alpha value is -0.220. The van der Waals surface area contributed by atoms with Crippen LogP contribution in [-0.4, -0.2) is 24.1 Å². The Morgan fingerprint density at radius 1 is 1.80 bits per heavy atom. The Bertz CT molecular complexity index is 108. The molecule has 1 atom stereocenters. The maximum Gasteiger partial charge on any atom is 0.151 e. The summed E-state index contributed by atoms with van der Waals surface area (Å²) in [6.45, 7) is 2.77. The number of methoxy groups -OCH3 is 1. The number of rotatable bonds is 4. The highest BCUT2D eigenvalue weighted by Gasteiger charge is 2.02. The summed E-state index contributed by atoms with van der Waals surface area (Å²) >= 11 is 1.38. The first-order chi connectivity index (χ1) is 4.66. The third kappa shape index (κ3) is 5.91. The van der Waals surface area contributed by atoms with Gasteiger partial charge in [-0.25, -0.2) is 0 Å². The van der Waals surface area contributed by atoms with Crippen molar-refractivity contribution in [3.8, 4) is 0 Å². The van der Waals surface area contributed by atoms with E-state index in [1.54, 1.807) is 7.11 Å². The van der Waals surface area contributed by atoms with Gasteiger partial charge >= 0.3 is 0 Å². The first-order valence-electron chi connectivity index (χ1n) is 3.16. The molecular weight excluding hydrogens is 148 g/mol. The molecule has 0 bridgehead atoms. The molecule has 0 radical (unpaired) electrons. The molecule has 4 heteroatoms. The zero-order valence-corrected chi connectivity index (χ0v) is 7.20. The lowest BCUT2D eigenvalue weighted by Gasteiger charge is -2.07. The smallest absolute Gasteiger partial charge is 0.151 e. The lowest BCUT2D eigenvalue weighted by molar-refractivity contribution is 0.195. The van der Waals surface area contributed by atoms with Crippen LogP contribution in [-0.2, 0) is 4.74 Å². The molecule has 10 heavy (non-hydrogen) atoms. The van der Waals surface area contributed by atoms with Crippen molar-refractivity contribution in [3.63, 3.8) is 0 Å². The average Bonchev–Trinajstić information content (AvgIpc) is 1.82. The number of thioether (sulfide) groups is 1. The molecule has 0 fully saturated rings. The monoisotopic (exact) mass is 162 g/mol. The molecule has 3 nitrogen and oxygen atoms in total. The van der Waals surface area contributed by atoms with Gasteiger partial charge in [0.25, 0.3) is 0 Å². The SMILES string of the molecule is COCCC(C)SC(=N)N. The Balaban J connectivity index is 3.25. The van der Waals surface area contributed by atoms with E-state index in [0.717, 1.165) is 13.0 Å². The van der Waals surface area contributed by atoms with Crippen LogP contribution in [0.3, 0.4) is 0 Å². The highest BCUT2D eigenvalue weighted by Crippen LogP contribution is 2.12. The number of nitrogens with two attached hydrogens (primary N) is 1. The number of hydrogen-bond donors (Lipinski definition) is 2. The van der Waals surface area contributed by atoms with Crippen molar-refractivity contribution in [1.82, 2.24) is 0 Å². The zero-order valence-electron chi connectivity index (χ0n) is 6.39. The van der Waals surface area contributed by atoms with E-state index in [9.17, 15) is 0 Å². The Labute approximate surface area is 65.8 Å².